The molecular weight excluding hydrogens is 172 g/mol. The molecule has 1 rings (SSSR count). The van der Waals surface area contributed by atoms with Crippen molar-refractivity contribution in [2.24, 2.45) is 5.92 Å². The topological polar surface area (TPSA) is 17.1 Å². The van der Waals surface area contributed by atoms with Crippen LogP contribution < -0.4 is 0 Å². The molecule has 0 saturated heterocycles. The van der Waals surface area contributed by atoms with Crippen LogP contribution in [-0.2, 0) is 4.79 Å². The number of hydrogen-bond donors (Lipinski definition) is 0. The molecule has 0 spiro atoms. The van der Waals surface area contributed by atoms with Crippen molar-refractivity contribution in [3.63, 3.8) is 0 Å². The lowest BCUT2D eigenvalue weighted by molar-refractivity contribution is -0.116. The molecule has 1 aliphatic carbocycles. The first-order valence-corrected chi connectivity index (χ1v) is 6.16. The van der Waals surface area contributed by atoms with Gasteiger partial charge in [-0.1, -0.05) is 59.8 Å². The highest BCUT2D eigenvalue weighted by molar-refractivity contribution is 5.74. The maximum absolute atomic E-state index is 9.81. The Balaban J connectivity index is 0. The van der Waals surface area contributed by atoms with Crippen molar-refractivity contribution < 1.29 is 4.79 Å². The summed E-state index contributed by atoms with van der Waals surface area (Å²) in [4.78, 5) is 9.81. The Morgan fingerprint density at radius 3 is 1.64 bits per heavy atom. The third-order valence-corrected chi connectivity index (χ3v) is 2.39. The number of Topliss-reactive ketones (excluding diaryl/α,β-unsaturated/α-hetero) is 1. The maximum Gasteiger partial charge on any atom is 0.129 e. The van der Waals surface area contributed by atoms with Crippen LogP contribution in [0, 0.1) is 5.92 Å². The van der Waals surface area contributed by atoms with Crippen molar-refractivity contribution in [2.45, 2.75) is 73.1 Å². The van der Waals surface area contributed by atoms with E-state index in [9.17, 15) is 4.79 Å². The van der Waals surface area contributed by atoms with Crippen LogP contribution in [0.5, 0.6) is 0 Å². The molecule has 86 valence electrons. The molecule has 0 aliphatic heterocycles. The molecule has 14 heavy (non-hydrogen) atoms. The van der Waals surface area contributed by atoms with Crippen LogP contribution in [0.1, 0.15) is 73.1 Å². The van der Waals surface area contributed by atoms with E-state index in [1.165, 1.54) is 32.1 Å². The second-order valence-corrected chi connectivity index (χ2v) is 3.80. The molecule has 0 atom stereocenters. The molecule has 0 radical (unpaired) electrons. The van der Waals surface area contributed by atoms with Crippen LogP contribution in [0.25, 0.3) is 0 Å². The van der Waals surface area contributed by atoms with Gasteiger partial charge in [0.1, 0.15) is 5.78 Å². The number of carbonyl (C=O) groups is 1. The maximum atomic E-state index is 9.81. The molecule has 1 saturated carbocycles. The van der Waals surface area contributed by atoms with Crippen LogP contribution in [0.15, 0.2) is 0 Å². The van der Waals surface area contributed by atoms with Crippen molar-refractivity contribution >= 4 is 5.78 Å². The molecule has 1 heteroatoms. The first-order chi connectivity index (χ1) is 6.66. The van der Waals surface area contributed by atoms with E-state index in [4.69, 9.17) is 0 Å². The summed E-state index contributed by atoms with van der Waals surface area (Å²) in [5.41, 5.74) is 0. The van der Waals surface area contributed by atoms with E-state index in [2.05, 4.69) is 6.92 Å². The first-order valence-electron chi connectivity index (χ1n) is 6.16. The second kappa shape index (κ2) is 12.7. The van der Waals surface area contributed by atoms with E-state index in [1.54, 1.807) is 6.92 Å². The highest BCUT2D eigenvalue weighted by atomic mass is 16.1. The van der Waals surface area contributed by atoms with Gasteiger partial charge in [-0.2, -0.15) is 0 Å². The Bertz CT molecular complexity index is 112. The largest absolute Gasteiger partial charge is 0.300 e. The molecule has 0 aromatic carbocycles. The minimum atomic E-state index is 0.255. The number of ketones is 1. The normalized spacial score (nSPS) is 15.8. The Hall–Kier alpha value is -0.330. The average molecular weight is 200 g/mol. The lowest BCUT2D eigenvalue weighted by Crippen LogP contribution is -1.99. The first kappa shape index (κ1) is 16.1. The average Bonchev–Trinajstić information content (AvgIpc) is 2.23. The van der Waals surface area contributed by atoms with Gasteiger partial charge in [0.15, 0.2) is 0 Å². The van der Waals surface area contributed by atoms with Crippen LogP contribution >= 0.6 is 0 Å². The predicted octanol–water partition coefficient (Wildman–Crippen LogP) is 4.60. The van der Waals surface area contributed by atoms with Gasteiger partial charge in [0.05, 0.1) is 0 Å². The molecule has 1 fully saturated rings. The van der Waals surface area contributed by atoms with Crippen LogP contribution in [-0.4, -0.2) is 5.78 Å². The Labute approximate surface area is 90.3 Å². The zero-order valence-corrected chi connectivity index (χ0v) is 10.7. The van der Waals surface area contributed by atoms with Gasteiger partial charge < -0.3 is 4.79 Å². The monoisotopic (exact) mass is 200 g/mol. The fourth-order valence-electron chi connectivity index (χ4n) is 1.31. The lowest BCUT2D eigenvalue weighted by Gasteiger charge is -2.15. The minimum Gasteiger partial charge on any atom is -0.300 e. The standard InChI is InChI=1S/C7H14.C4H8O.C2H6/c1-7-5-3-2-4-6-7;1-3-4(2)5;1-2/h7H,2-6H2,1H3;3H2,1-2H3;1-2H3. The molecule has 0 aromatic heterocycles. The van der Waals surface area contributed by atoms with Gasteiger partial charge in [-0.3, -0.25) is 0 Å². The number of carbonyl (C=O) groups excluding carboxylic acids is 1. The molecule has 1 aliphatic rings. The summed E-state index contributed by atoms with van der Waals surface area (Å²) >= 11 is 0. The smallest absolute Gasteiger partial charge is 0.129 e. The van der Waals surface area contributed by atoms with Crippen molar-refractivity contribution in [3.05, 3.63) is 0 Å². The predicted molar refractivity (Wildman–Crippen MR) is 64.6 cm³/mol. The van der Waals surface area contributed by atoms with Crippen molar-refractivity contribution in [3.8, 4) is 0 Å². The summed E-state index contributed by atoms with van der Waals surface area (Å²) in [6.45, 7) is 9.79. The SMILES string of the molecule is CC.CC1CCCCC1.CCC(C)=O. The molecule has 0 amide bonds. The van der Waals surface area contributed by atoms with E-state index in [-0.39, 0.29) is 5.78 Å². The summed E-state index contributed by atoms with van der Waals surface area (Å²) in [6.07, 6.45) is 8.10. The molecule has 0 unspecified atom stereocenters. The summed E-state index contributed by atoms with van der Waals surface area (Å²) in [5, 5.41) is 0. The summed E-state index contributed by atoms with van der Waals surface area (Å²) in [5.74, 6) is 1.29. The molecule has 1 nitrogen and oxygen atoms in total. The highest BCUT2D eigenvalue weighted by Gasteiger charge is 2.05. The van der Waals surface area contributed by atoms with Gasteiger partial charge in [0, 0.05) is 6.42 Å². The van der Waals surface area contributed by atoms with Crippen molar-refractivity contribution in [2.75, 3.05) is 0 Å². The van der Waals surface area contributed by atoms with Crippen LogP contribution in [0.4, 0.5) is 0 Å². The molecule has 0 bridgehead atoms. The minimum absolute atomic E-state index is 0.255. The van der Waals surface area contributed by atoms with Gasteiger partial charge >= 0.3 is 0 Å². The Kier molecular flexibility index (Phi) is 14.6. The summed E-state index contributed by atoms with van der Waals surface area (Å²) < 4.78 is 0. The zero-order valence-electron chi connectivity index (χ0n) is 10.7. The Morgan fingerprint density at radius 1 is 1.14 bits per heavy atom. The van der Waals surface area contributed by atoms with E-state index in [0.29, 0.717) is 6.42 Å². The van der Waals surface area contributed by atoms with E-state index < -0.39 is 0 Å². The van der Waals surface area contributed by atoms with Crippen molar-refractivity contribution in [1.29, 1.82) is 0 Å². The zero-order chi connectivity index (χ0) is 11.4. The fourth-order valence-corrected chi connectivity index (χ4v) is 1.31. The summed E-state index contributed by atoms with van der Waals surface area (Å²) in [6, 6.07) is 0. The highest BCUT2D eigenvalue weighted by Crippen LogP contribution is 2.21. The number of hydrogen-bond acceptors (Lipinski definition) is 1. The third kappa shape index (κ3) is 14.2. The second-order valence-electron chi connectivity index (χ2n) is 3.80. The van der Waals surface area contributed by atoms with E-state index >= 15 is 0 Å². The van der Waals surface area contributed by atoms with Gasteiger partial charge in [-0.25, -0.2) is 0 Å². The lowest BCUT2D eigenvalue weighted by atomic mass is 9.91. The van der Waals surface area contributed by atoms with Gasteiger partial charge in [0.2, 0.25) is 0 Å². The molecule has 0 N–H and O–H groups in total. The van der Waals surface area contributed by atoms with E-state index in [1.807, 2.05) is 20.8 Å². The van der Waals surface area contributed by atoms with Crippen molar-refractivity contribution in [1.82, 2.24) is 0 Å². The molecule has 0 heterocycles. The van der Waals surface area contributed by atoms with Crippen LogP contribution in [0.2, 0.25) is 0 Å². The Morgan fingerprint density at radius 2 is 1.50 bits per heavy atom. The third-order valence-electron chi connectivity index (χ3n) is 2.39. The quantitative estimate of drug-likeness (QED) is 0.604. The van der Waals surface area contributed by atoms with E-state index in [0.717, 1.165) is 5.92 Å². The van der Waals surface area contributed by atoms with Gasteiger partial charge in [-0.05, 0) is 12.8 Å². The van der Waals surface area contributed by atoms with Gasteiger partial charge in [-0.15, -0.1) is 0 Å². The molecule has 0 aromatic rings. The van der Waals surface area contributed by atoms with Gasteiger partial charge in [0.25, 0.3) is 0 Å². The van der Waals surface area contributed by atoms with Crippen LogP contribution in [0.3, 0.4) is 0 Å². The molecular formula is C13H28O. The summed E-state index contributed by atoms with van der Waals surface area (Å²) in [7, 11) is 0. The fraction of sp³-hybridized carbons (Fsp3) is 0.923. The number of rotatable bonds is 1.